The highest BCUT2D eigenvalue weighted by molar-refractivity contribution is 9.52. The molecule has 0 spiro atoms. The van der Waals surface area contributed by atoms with Gasteiger partial charge in [0.25, 0.3) is 0 Å². The number of alkyl halides is 4. The van der Waals surface area contributed by atoms with E-state index in [1.165, 1.54) is 123 Å². The molecule has 0 fully saturated rings. The molecule has 0 amide bonds. The van der Waals surface area contributed by atoms with Gasteiger partial charge in [0.2, 0.25) is 0 Å². The third-order valence-corrected chi connectivity index (χ3v) is 5.58. The molecule has 224 valence electrons. The summed E-state index contributed by atoms with van der Waals surface area (Å²) in [6, 6.07) is 0. The summed E-state index contributed by atoms with van der Waals surface area (Å²) < 4.78 is 2.50. The Morgan fingerprint density at radius 3 is 0.595 bits per heavy atom. The van der Waals surface area contributed by atoms with Gasteiger partial charge in [-0.2, -0.15) is 10.3 Å². The van der Waals surface area contributed by atoms with Gasteiger partial charge in [0.05, 0.1) is 52.4 Å². The molecule has 0 aliphatic heterocycles. The van der Waals surface area contributed by atoms with E-state index in [9.17, 15) is 0 Å². The van der Waals surface area contributed by atoms with Gasteiger partial charge in [-0.3, -0.25) is 0 Å². The van der Waals surface area contributed by atoms with Crippen molar-refractivity contribution in [2.45, 2.75) is 108 Å². The molecule has 0 aromatic heterocycles. The molecular weight excluding hydrogens is 764 g/mol. The number of rotatable bonds is 16. The van der Waals surface area contributed by atoms with Crippen LogP contribution in [0.3, 0.4) is 0 Å². The Kier molecular flexibility index (Phi) is 46.2. The third kappa shape index (κ3) is 42.1. The molecule has 0 aliphatic carbocycles. The highest BCUT2D eigenvalue weighted by Gasteiger charge is 2.23. The van der Waals surface area contributed by atoms with Gasteiger partial charge in [0.1, 0.15) is 0 Å². The van der Waals surface area contributed by atoms with Gasteiger partial charge >= 0.3 is 0 Å². The van der Waals surface area contributed by atoms with Crippen LogP contribution in [0.5, 0.6) is 0 Å². The van der Waals surface area contributed by atoms with Crippen molar-refractivity contribution in [3.05, 3.63) is 10.8 Å². The molecule has 0 atom stereocenters. The fourth-order valence-electron chi connectivity index (χ4n) is 5.14. The summed E-state index contributed by atoms with van der Waals surface area (Å²) in [4.78, 5) is 0. The smallest absolute Gasteiger partial charge is 0.189 e. The maximum Gasteiger partial charge on any atom is 0.189 e. The Morgan fingerprint density at radius 1 is 0.459 bits per heavy atom. The van der Waals surface area contributed by atoms with E-state index >= 15 is 0 Å². The SMILES string of the molecule is BrC(Br)(Br)Br.CCC[N+](CCC)(CCC)CCC.CCC[N+](CCC)(CCC)CCC.[N-]=C=S.[N-]=C=S. The van der Waals surface area contributed by atoms with Crippen molar-refractivity contribution in [2.75, 3.05) is 52.4 Å². The van der Waals surface area contributed by atoms with Crippen LogP contribution in [-0.4, -0.2) is 72.7 Å². The van der Waals surface area contributed by atoms with Crippen molar-refractivity contribution in [3.63, 3.8) is 0 Å². The molecular formula is C27H56Br4N4S2. The molecule has 4 nitrogen and oxygen atoms in total. The zero-order chi connectivity index (χ0) is 30.2. The summed E-state index contributed by atoms with van der Waals surface area (Å²) in [6.07, 6.45) is 10.7. The van der Waals surface area contributed by atoms with Crippen LogP contribution >= 0.6 is 88.2 Å². The zero-order valence-corrected chi connectivity index (χ0v) is 32.9. The maximum atomic E-state index is 7.13. The van der Waals surface area contributed by atoms with Crippen LogP contribution < -0.4 is 0 Å². The second-order valence-electron chi connectivity index (χ2n) is 9.08. The fraction of sp³-hybridized carbons (Fsp3) is 0.926. The Labute approximate surface area is 276 Å². The molecule has 0 aromatic rings. The first-order valence-corrected chi connectivity index (χ1v) is 17.8. The Hall–Kier alpha value is 1.44. The largest absolute Gasteiger partial charge is 0.753 e. The molecule has 0 aliphatic rings. The minimum atomic E-state index is -0.250. The minimum absolute atomic E-state index is 0.250. The van der Waals surface area contributed by atoms with Gasteiger partial charge in [-0.25, -0.2) is 0 Å². The standard InChI is InChI=1S/2C12H28N.CBr4.2CNS/c2*1-5-9-13(10-6-2,11-7-3)12-8-4;2-1(3,4)5;2*2-1-3/h2*5-12H2,1-4H3;;;/q2*+1;;2*-1. The van der Waals surface area contributed by atoms with Crippen LogP contribution in [0.2, 0.25) is 0 Å². The van der Waals surface area contributed by atoms with Crippen LogP contribution in [0, 0.1) is 0 Å². The second kappa shape index (κ2) is 35.5. The lowest BCUT2D eigenvalue weighted by atomic mass is 10.2. The van der Waals surface area contributed by atoms with Gasteiger partial charge in [0, 0.05) is 0 Å². The molecule has 0 rings (SSSR count). The molecule has 0 heterocycles. The molecule has 0 bridgehead atoms. The van der Waals surface area contributed by atoms with E-state index in [4.69, 9.17) is 10.8 Å². The molecule has 0 aromatic carbocycles. The summed E-state index contributed by atoms with van der Waals surface area (Å²) in [5.41, 5.74) is 0. The van der Waals surface area contributed by atoms with Gasteiger partial charge in [-0.15, -0.1) is 0 Å². The predicted octanol–water partition coefficient (Wildman–Crippen LogP) is 11.4. The molecule has 0 N–H and O–H groups in total. The Balaban J connectivity index is -0.000000133. The fourth-order valence-corrected chi connectivity index (χ4v) is 5.14. The van der Waals surface area contributed by atoms with E-state index in [-0.39, 0.29) is 1.05 Å². The number of halogens is 4. The summed E-state index contributed by atoms with van der Waals surface area (Å²) in [6.45, 7) is 29.6. The highest BCUT2D eigenvalue weighted by atomic mass is 80.0. The molecule has 0 saturated carbocycles. The van der Waals surface area contributed by atoms with Crippen LogP contribution in [-0.2, 0) is 0 Å². The van der Waals surface area contributed by atoms with E-state index < -0.39 is 0 Å². The van der Waals surface area contributed by atoms with Crippen molar-refractivity contribution in [3.8, 4) is 0 Å². The summed E-state index contributed by atoms with van der Waals surface area (Å²) >= 11 is 19.9. The quantitative estimate of drug-likeness (QED) is 0.0674. The van der Waals surface area contributed by atoms with Crippen LogP contribution in [0.25, 0.3) is 10.8 Å². The maximum absolute atomic E-state index is 7.13. The first-order chi connectivity index (χ1) is 17.3. The van der Waals surface area contributed by atoms with Crippen molar-refractivity contribution in [1.29, 1.82) is 0 Å². The Bertz CT molecular complexity index is 416. The molecule has 10 heteroatoms. The number of nitrogens with zero attached hydrogens (tertiary/aromatic N) is 4. The van der Waals surface area contributed by atoms with E-state index in [2.05, 4.69) is 144 Å². The second-order valence-corrected chi connectivity index (χ2v) is 20.6. The van der Waals surface area contributed by atoms with E-state index in [1.807, 2.05) is 0 Å². The van der Waals surface area contributed by atoms with Crippen molar-refractivity contribution in [1.82, 2.24) is 0 Å². The van der Waals surface area contributed by atoms with Crippen molar-refractivity contribution < 1.29 is 8.97 Å². The lowest BCUT2D eigenvalue weighted by Gasteiger charge is -2.38. The van der Waals surface area contributed by atoms with Gasteiger partial charge < -0.3 is 19.8 Å². The molecule has 37 heavy (non-hydrogen) atoms. The first-order valence-electron chi connectivity index (χ1n) is 13.8. The normalized spacial score (nSPS) is 10.5. The summed E-state index contributed by atoms with van der Waals surface area (Å²) in [5, 5.41) is 16.9. The van der Waals surface area contributed by atoms with Gasteiger partial charge in [0.15, 0.2) is 1.05 Å². The lowest BCUT2D eigenvalue weighted by molar-refractivity contribution is -0.928. The summed E-state index contributed by atoms with van der Waals surface area (Å²) in [7, 11) is 0. The monoisotopic (exact) mass is 816 g/mol. The van der Waals surface area contributed by atoms with Gasteiger partial charge in [-0.1, -0.05) is 79.8 Å². The predicted molar refractivity (Wildman–Crippen MR) is 192 cm³/mol. The van der Waals surface area contributed by atoms with E-state index in [0.717, 1.165) is 0 Å². The minimum Gasteiger partial charge on any atom is -0.753 e. The highest BCUT2D eigenvalue weighted by Crippen LogP contribution is 2.39. The first kappa shape index (κ1) is 48.2. The molecule has 0 unspecified atom stereocenters. The zero-order valence-electron chi connectivity index (χ0n) is 24.9. The average molecular weight is 821 g/mol. The van der Waals surface area contributed by atoms with Crippen LogP contribution in [0.1, 0.15) is 107 Å². The topological polar surface area (TPSA) is 44.6 Å². The number of isothiocyanates is 2. The number of hydrogen-bond donors (Lipinski definition) is 0. The number of hydrogen-bond acceptors (Lipinski definition) is 2. The average Bonchev–Trinajstić information content (AvgIpc) is 2.76. The Morgan fingerprint density at radius 2 is 0.541 bits per heavy atom. The molecule has 0 saturated heterocycles. The third-order valence-electron chi connectivity index (χ3n) is 5.58. The van der Waals surface area contributed by atoms with Crippen molar-refractivity contribution >= 4 is 98.5 Å². The van der Waals surface area contributed by atoms with E-state index in [1.54, 1.807) is 0 Å². The van der Waals surface area contributed by atoms with Crippen molar-refractivity contribution in [2.24, 2.45) is 0 Å². The summed E-state index contributed by atoms with van der Waals surface area (Å²) in [5.74, 6) is 0. The van der Waals surface area contributed by atoms with Gasteiger partial charge in [-0.05, 0) is 115 Å². The van der Waals surface area contributed by atoms with Crippen LogP contribution in [0.4, 0.5) is 0 Å². The van der Waals surface area contributed by atoms with E-state index in [0.29, 0.717) is 0 Å². The number of quaternary nitrogens is 2. The lowest BCUT2D eigenvalue weighted by Crippen LogP contribution is -2.50. The molecule has 0 radical (unpaired) electrons. The number of thiocarbonyl (C=S) groups is 2. The van der Waals surface area contributed by atoms with Crippen LogP contribution in [0.15, 0.2) is 0 Å².